The molecule has 0 atom stereocenters. The van der Waals surface area contributed by atoms with E-state index in [4.69, 9.17) is 9.47 Å². The molecule has 0 spiro atoms. The van der Waals surface area contributed by atoms with Crippen molar-refractivity contribution in [1.29, 1.82) is 0 Å². The number of anilines is 1. The van der Waals surface area contributed by atoms with Gasteiger partial charge in [0.25, 0.3) is 5.91 Å². The van der Waals surface area contributed by atoms with Gasteiger partial charge in [-0.05, 0) is 30.7 Å². The Balaban J connectivity index is 1.43. The standard InChI is InChI=1S/C28H25F2N5O4/c1-38-20-12-21(39-2)25(30)23(24(20)29)18-6-7-19(27-26(18)31-9-10-32-27)28(37)34-22-8-5-16(13-33-22)14-35-11-3-4-17(36)15-35/h5-10,12-13H,3-4,11,14-15H2,1-2H3,(H,33,34,37). The molecule has 9 nitrogen and oxygen atoms in total. The second-order valence-electron chi connectivity index (χ2n) is 9.06. The number of fused-ring (bicyclic) bond motifs is 1. The van der Waals surface area contributed by atoms with Gasteiger partial charge in [-0.1, -0.05) is 12.1 Å². The Bertz CT molecular complexity index is 1530. The van der Waals surface area contributed by atoms with Crippen molar-refractivity contribution in [1.82, 2.24) is 19.9 Å². The van der Waals surface area contributed by atoms with Crippen LogP contribution in [0.4, 0.5) is 14.6 Å². The van der Waals surface area contributed by atoms with Gasteiger partial charge in [0.2, 0.25) is 0 Å². The molecular formula is C28H25F2N5O4. The number of methoxy groups -OCH3 is 2. The number of likely N-dealkylation sites (tertiary alicyclic amines) is 1. The Hall–Kier alpha value is -4.51. The van der Waals surface area contributed by atoms with Crippen molar-refractivity contribution in [2.24, 2.45) is 0 Å². The number of carbonyl (C=O) groups excluding carboxylic acids is 2. The normalized spacial score (nSPS) is 13.9. The first-order valence-electron chi connectivity index (χ1n) is 12.2. The molecular weight excluding hydrogens is 508 g/mol. The van der Waals surface area contributed by atoms with E-state index in [0.717, 1.165) is 24.6 Å². The number of benzene rings is 2. The third kappa shape index (κ3) is 5.26. The number of ketones is 1. The van der Waals surface area contributed by atoms with Gasteiger partial charge in [0, 0.05) is 43.2 Å². The summed E-state index contributed by atoms with van der Waals surface area (Å²) in [6.07, 6.45) is 5.88. The minimum Gasteiger partial charge on any atom is -0.494 e. The maximum atomic E-state index is 15.2. The largest absolute Gasteiger partial charge is 0.494 e. The van der Waals surface area contributed by atoms with Crippen molar-refractivity contribution in [2.45, 2.75) is 19.4 Å². The molecule has 0 unspecified atom stereocenters. The number of aromatic nitrogens is 3. The van der Waals surface area contributed by atoms with Crippen LogP contribution in [-0.4, -0.2) is 58.9 Å². The predicted molar refractivity (Wildman–Crippen MR) is 140 cm³/mol. The zero-order valence-corrected chi connectivity index (χ0v) is 21.3. The van der Waals surface area contributed by atoms with Gasteiger partial charge in [-0.15, -0.1) is 0 Å². The molecule has 11 heteroatoms. The Kier molecular flexibility index (Phi) is 7.42. The lowest BCUT2D eigenvalue weighted by Crippen LogP contribution is -2.35. The van der Waals surface area contributed by atoms with Crippen molar-refractivity contribution in [2.75, 3.05) is 32.6 Å². The summed E-state index contributed by atoms with van der Waals surface area (Å²) in [5, 5.41) is 2.73. The van der Waals surface area contributed by atoms with Crippen LogP contribution in [-0.2, 0) is 11.3 Å². The highest BCUT2D eigenvalue weighted by molar-refractivity contribution is 6.13. The SMILES string of the molecule is COc1cc(OC)c(F)c(-c2ccc(C(=O)Nc3ccc(CN4CCCC(=O)C4)cn3)c3nccnc23)c1F. The highest BCUT2D eigenvalue weighted by Crippen LogP contribution is 2.40. The van der Waals surface area contributed by atoms with Crippen LogP contribution < -0.4 is 14.8 Å². The Morgan fingerprint density at radius 3 is 2.36 bits per heavy atom. The number of nitrogens with zero attached hydrogens (tertiary/aromatic N) is 4. The first-order valence-corrected chi connectivity index (χ1v) is 12.2. The first kappa shape index (κ1) is 26.1. The lowest BCUT2D eigenvalue weighted by Gasteiger charge is -2.25. The number of hydrogen-bond donors (Lipinski definition) is 1. The summed E-state index contributed by atoms with van der Waals surface area (Å²) in [7, 11) is 2.53. The molecule has 1 amide bonds. The number of ether oxygens (including phenoxy) is 2. The van der Waals surface area contributed by atoms with E-state index >= 15 is 8.78 Å². The third-order valence-electron chi connectivity index (χ3n) is 6.52. The molecule has 1 saturated heterocycles. The number of halogens is 2. The zero-order chi connectivity index (χ0) is 27.5. The van der Waals surface area contributed by atoms with Crippen molar-refractivity contribution in [3.63, 3.8) is 0 Å². The fourth-order valence-corrected chi connectivity index (χ4v) is 4.64. The quantitative estimate of drug-likeness (QED) is 0.373. The molecule has 200 valence electrons. The maximum absolute atomic E-state index is 15.2. The molecule has 4 aromatic rings. The molecule has 1 aliphatic heterocycles. The van der Waals surface area contributed by atoms with Gasteiger partial charge in [0.1, 0.15) is 17.1 Å². The molecule has 1 fully saturated rings. The summed E-state index contributed by atoms with van der Waals surface area (Å²) in [5.74, 6) is -2.24. The summed E-state index contributed by atoms with van der Waals surface area (Å²) in [5.41, 5.74) is 1.02. The molecule has 0 bridgehead atoms. The van der Waals surface area contributed by atoms with Gasteiger partial charge in [-0.25, -0.2) is 13.8 Å². The topological polar surface area (TPSA) is 107 Å². The molecule has 0 saturated carbocycles. The number of Topliss-reactive ketones (excluding diaryl/α,β-unsaturated/α-hetero) is 1. The van der Waals surface area contributed by atoms with E-state index in [1.807, 2.05) is 6.07 Å². The average Bonchev–Trinajstić information content (AvgIpc) is 2.94. The highest BCUT2D eigenvalue weighted by Gasteiger charge is 2.25. The first-order chi connectivity index (χ1) is 18.9. The lowest BCUT2D eigenvalue weighted by molar-refractivity contribution is -0.122. The van der Waals surface area contributed by atoms with Crippen molar-refractivity contribution in [3.05, 3.63) is 71.7 Å². The Labute approximate surface area is 222 Å². The number of piperidine rings is 1. The molecule has 2 aromatic heterocycles. The smallest absolute Gasteiger partial charge is 0.259 e. The van der Waals surface area contributed by atoms with Crippen LogP contribution in [0.3, 0.4) is 0 Å². The number of pyridine rings is 1. The van der Waals surface area contributed by atoms with Crippen LogP contribution in [0.15, 0.2) is 48.9 Å². The van der Waals surface area contributed by atoms with E-state index in [9.17, 15) is 9.59 Å². The predicted octanol–water partition coefficient (Wildman–Crippen LogP) is 4.40. The minimum absolute atomic E-state index is 0.0838. The summed E-state index contributed by atoms with van der Waals surface area (Å²) in [6, 6.07) is 7.46. The highest BCUT2D eigenvalue weighted by atomic mass is 19.1. The Morgan fingerprint density at radius 1 is 1.00 bits per heavy atom. The number of nitrogens with one attached hydrogen (secondary N) is 1. The number of rotatable bonds is 7. The van der Waals surface area contributed by atoms with Gasteiger partial charge in [-0.3, -0.25) is 24.5 Å². The van der Waals surface area contributed by atoms with Crippen LogP contribution in [0.1, 0.15) is 28.8 Å². The number of amides is 1. The summed E-state index contributed by atoms with van der Waals surface area (Å²) in [4.78, 5) is 39.8. The second kappa shape index (κ2) is 11.1. The zero-order valence-electron chi connectivity index (χ0n) is 21.3. The molecule has 1 N–H and O–H groups in total. The maximum Gasteiger partial charge on any atom is 0.259 e. The second-order valence-corrected chi connectivity index (χ2v) is 9.06. The number of carbonyl (C=O) groups is 2. The van der Waals surface area contributed by atoms with Crippen LogP contribution in [0.5, 0.6) is 11.5 Å². The summed E-state index contributed by atoms with van der Waals surface area (Å²) < 4.78 is 40.6. The summed E-state index contributed by atoms with van der Waals surface area (Å²) in [6.45, 7) is 1.88. The fraction of sp³-hybridized carbons (Fsp3) is 0.250. The van der Waals surface area contributed by atoms with Crippen LogP contribution in [0.25, 0.3) is 22.2 Å². The molecule has 0 aliphatic carbocycles. The van der Waals surface area contributed by atoms with Crippen molar-refractivity contribution in [3.8, 4) is 22.6 Å². The van der Waals surface area contributed by atoms with Crippen LogP contribution >= 0.6 is 0 Å². The molecule has 39 heavy (non-hydrogen) atoms. The van der Waals surface area contributed by atoms with E-state index < -0.39 is 23.1 Å². The average molecular weight is 534 g/mol. The van der Waals surface area contributed by atoms with Crippen molar-refractivity contribution >= 4 is 28.5 Å². The van der Waals surface area contributed by atoms with E-state index in [2.05, 4.69) is 25.2 Å². The fourth-order valence-electron chi connectivity index (χ4n) is 4.64. The van der Waals surface area contributed by atoms with Gasteiger partial charge < -0.3 is 14.8 Å². The van der Waals surface area contributed by atoms with Crippen LogP contribution in [0.2, 0.25) is 0 Å². The van der Waals surface area contributed by atoms with E-state index in [0.29, 0.717) is 25.3 Å². The van der Waals surface area contributed by atoms with Crippen molar-refractivity contribution < 1.29 is 27.8 Å². The van der Waals surface area contributed by atoms with Gasteiger partial charge >= 0.3 is 0 Å². The van der Waals surface area contributed by atoms with E-state index in [1.165, 1.54) is 38.7 Å². The van der Waals surface area contributed by atoms with E-state index in [1.54, 1.807) is 12.3 Å². The van der Waals surface area contributed by atoms with Gasteiger partial charge in [0.05, 0.1) is 37.4 Å². The van der Waals surface area contributed by atoms with Gasteiger partial charge in [-0.2, -0.15) is 0 Å². The molecule has 0 radical (unpaired) electrons. The number of hydrogen-bond acceptors (Lipinski definition) is 8. The summed E-state index contributed by atoms with van der Waals surface area (Å²) >= 11 is 0. The minimum atomic E-state index is -0.932. The lowest BCUT2D eigenvalue weighted by atomic mass is 9.98. The van der Waals surface area contributed by atoms with Gasteiger partial charge in [0.15, 0.2) is 23.1 Å². The third-order valence-corrected chi connectivity index (χ3v) is 6.52. The molecule has 1 aliphatic rings. The monoisotopic (exact) mass is 533 g/mol. The molecule has 2 aromatic carbocycles. The Morgan fingerprint density at radius 2 is 1.72 bits per heavy atom. The van der Waals surface area contributed by atoms with Crippen LogP contribution in [0, 0.1) is 11.6 Å². The van der Waals surface area contributed by atoms with E-state index in [-0.39, 0.29) is 39.4 Å². The molecule has 5 rings (SSSR count). The molecule has 3 heterocycles.